The van der Waals surface area contributed by atoms with Crippen LogP contribution in [0.15, 0.2) is 30.3 Å². The smallest absolute Gasteiger partial charge is 0.361 e. The molecule has 0 saturated heterocycles. The van der Waals surface area contributed by atoms with E-state index >= 15 is 0 Å². The van der Waals surface area contributed by atoms with Gasteiger partial charge in [-0.25, -0.2) is 4.79 Å². The topological polar surface area (TPSA) is 26.3 Å². The number of hydrogen-bond donors (Lipinski definition) is 0. The van der Waals surface area contributed by atoms with Crippen LogP contribution in [0.1, 0.15) is 5.56 Å². The van der Waals surface area contributed by atoms with Crippen molar-refractivity contribution in [2.75, 3.05) is 34.3 Å². The highest BCUT2D eigenvalue weighted by Gasteiger charge is 2.18. The van der Waals surface area contributed by atoms with Crippen molar-refractivity contribution in [2.45, 2.75) is 0 Å². The van der Waals surface area contributed by atoms with Crippen LogP contribution in [0.3, 0.4) is 0 Å². The maximum atomic E-state index is 11.2. The molecule has 0 aliphatic rings. The van der Waals surface area contributed by atoms with Crippen molar-refractivity contribution in [1.82, 2.24) is 0 Å². The quantitative estimate of drug-likeness (QED) is 0.446. The average Bonchev–Trinajstić information content (AvgIpc) is 2.29. The lowest BCUT2D eigenvalue weighted by molar-refractivity contribution is -0.875. The van der Waals surface area contributed by atoms with E-state index in [1.165, 1.54) is 7.11 Å². The van der Waals surface area contributed by atoms with Crippen molar-refractivity contribution in [3.05, 3.63) is 35.9 Å². The first-order valence-corrected chi connectivity index (χ1v) is 5.46. The first kappa shape index (κ1) is 13.3. The van der Waals surface area contributed by atoms with Gasteiger partial charge < -0.3 is 9.22 Å². The molecule has 0 fully saturated rings. The molecular weight excluding hydrogens is 214 g/mol. The Labute approximate surface area is 103 Å². The van der Waals surface area contributed by atoms with Crippen LogP contribution in [0.25, 0.3) is 0 Å². The predicted octanol–water partition coefficient (Wildman–Crippen LogP) is 1.29. The number of carbonyl (C=O) groups excluding carboxylic acids is 1. The van der Waals surface area contributed by atoms with E-state index in [0.29, 0.717) is 17.6 Å². The zero-order valence-corrected chi connectivity index (χ0v) is 10.6. The Balaban J connectivity index is 2.55. The van der Waals surface area contributed by atoms with Crippen molar-refractivity contribution in [3.63, 3.8) is 0 Å². The summed E-state index contributed by atoms with van der Waals surface area (Å²) in [5.41, 5.74) is 0.991. The number of ether oxygens (including phenoxy) is 1. The molecule has 0 spiro atoms. The number of methoxy groups -OCH3 is 1. The molecule has 0 bridgehead atoms. The van der Waals surface area contributed by atoms with E-state index in [4.69, 9.17) is 0 Å². The lowest BCUT2D eigenvalue weighted by Crippen LogP contribution is -2.44. The van der Waals surface area contributed by atoms with Crippen molar-refractivity contribution in [2.24, 2.45) is 0 Å². The number of carbonyl (C=O) groups is 1. The van der Waals surface area contributed by atoms with Crippen molar-refractivity contribution >= 4 is 5.97 Å². The van der Waals surface area contributed by atoms with Crippen LogP contribution in [0.4, 0.5) is 0 Å². The van der Waals surface area contributed by atoms with Gasteiger partial charge in [-0.3, -0.25) is 0 Å². The Hall–Kier alpha value is -1.79. The third-order valence-electron chi connectivity index (χ3n) is 2.30. The third kappa shape index (κ3) is 5.19. The Morgan fingerprint density at radius 3 is 2.53 bits per heavy atom. The predicted molar refractivity (Wildman–Crippen MR) is 67.2 cm³/mol. The molecule has 0 amide bonds. The molecule has 90 valence electrons. The van der Waals surface area contributed by atoms with Crippen LogP contribution in [0.2, 0.25) is 0 Å². The SMILES string of the molecule is COC(=O)C[N+](C)(C)CC#Cc1ccccc1. The number of hydrogen-bond acceptors (Lipinski definition) is 2. The van der Waals surface area contributed by atoms with Crippen LogP contribution in [0.5, 0.6) is 0 Å². The van der Waals surface area contributed by atoms with Gasteiger partial charge in [0.2, 0.25) is 0 Å². The van der Waals surface area contributed by atoms with Crippen LogP contribution in [-0.4, -0.2) is 44.7 Å². The second kappa shape index (κ2) is 6.07. The summed E-state index contributed by atoms with van der Waals surface area (Å²) in [5, 5.41) is 0. The highest BCUT2D eigenvalue weighted by atomic mass is 16.5. The zero-order chi connectivity index (χ0) is 12.7. The van der Waals surface area contributed by atoms with Crippen LogP contribution >= 0.6 is 0 Å². The van der Waals surface area contributed by atoms with Crippen LogP contribution < -0.4 is 0 Å². The molecular formula is C14H18NO2+. The second-order valence-electron chi connectivity index (χ2n) is 4.50. The van der Waals surface area contributed by atoms with Gasteiger partial charge in [0.15, 0.2) is 6.54 Å². The van der Waals surface area contributed by atoms with E-state index in [-0.39, 0.29) is 5.97 Å². The molecule has 17 heavy (non-hydrogen) atoms. The molecule has 0 saturated carbocycles. The number of quaternary nitrogens is 1. The fraction of sp³-hybridized carbons (Fsp3) is 0.357. The minimum absolute atomic E-state index is 0.212. The van der Waals surface area contributed by atoms with Gasteiger partial charge in [0.1, 0.15) is 6.54 Å². The van der Waals surface area contributed by atoms with E-state index in [2.05, 4.69) is 16.6 Å². The van der Waals surface area contributed by atoms with Crippen LogP contribution in [0, 0.1) is 11.8 Å². The van der Waals surface area contributed by atoms with E-state index in [1.54, 1.807) is 0 Å². The van der Waals surface area contributed by atoms with Gasteiger partial charge in [-0.05, 0) is 18.1 Å². The number of likely N-dealkylation sites (N-methyl/N-ethyl adjacent to an activating group) is 1. The molecule has 0 atom stereocenters. The molecule has 1 aromatic carbocycles. The van der Waals surface area contributed by atoms with E-state index in [9.17, 15) is 4.79 Å². The molecule has 0 unspecified atom stereocenters. The number of benzene rings is 1. The van der Waals surface area contributed by atoms with Gasteiger partial charge in [0.25, 0.3) is 0 Å². The maximum Gasteiger partial charge on any atom is 0.361 e. The summed E-state index contributed by atoms with van der Waals surface area (Å²) < 4.78 is 5.15. The summed E-state index contributed by atoms with van der Waals surface area (Å²) in [6.45, 7) is 0.948. The largest absolute Gasteiger partial charge is 0.465 e. The number of rotatable bonds is 3. The summed E-state index contributed by atoms with van der Waals surface area (Å²) in [6, 6.07) is 9.81. The Bertz CT molecular complexity index is 427. The molecule has 0 radical (unpaired) electrons. The maximum absolute atomic E-state index is 11.2. The highest BCUT2D eigenvalue weighted by molar-refractivity contribution is 5.70. The summed E-state index contributed by atoms with van der Waals surface area (Å²) in [6.07, 6.45) is 0. The van der Waals surface area contributed by atoms with Gasteiger partial charge in [0, 0.05) is 5.56 Å². The fourth-order valence-electron chi connectivity index (χ4n) is 1.35. The second-order valence-corrected chi connectivity index (χ2v) is 4.50. The zero-order valence-electron chi connectivity index (χ0n) is 10.6. The van der Waals surface area contributed by atoms with Crippen molar-refractivity contribution in [1.29, 1.82) is 0 Å². The van der Waals surface area contributed by atoms with E-state index < -0.39 is 0 Å². The molecule has 0 aliphatic heterocycles. The fourth-order valence-corrected chi connectivity index (χ4v) is 1.35. The number of esters is 1. The van der Waals surface area contributed by atoms with E-state index in [0.717, 1.165) is 5.56 Å². The van der Waals surface area contributed by atoms with E-state index in [1.807, 2.05) is 44.4 Å². The summed E-state index contributed by atoms with van der Waals surface area (Å²) in [4.78, 5) is 11.2. The monoisotopic (exact) mass is 232 g/mol. The van der Waals surface area contributed by atoms with Gasteiger partial charge >= 0.3 is 5.97 Å². The molecule has 1 rings (SSSR count). The lowest BCUT2D eigenvalue weighted by atomic mass is 10.2. The minimum Gasteiger partial charge on any atom is -0.465 e. The highest BCUT2D eigenvalue weighted by Crippen LogP contribution is 1.98. The van der Waals surface area contributed by atoms with Gasteiger partial charge in [-0.15, -0.1) is 0 Å². The number of nitrogens with zero attached hydrogens (tertiary/aromatic N) is 1. The molecule has 0 heterocycles. The molecule has 1 aromatic rings. The first-order valence-electron chi connectivity index (χ1n) is 5.46. The Morgan fingerprint density at radius 1 is 1.29 bits per heavy atom. The standard InChI is InChI=1S/C14H18NO2/c1-15(2,12-14(16)17-3)11-7-10-13-8-5-4-6-9-13/h4-6,8-9H,11-12H2,1-3H3/q+1. The minimum atomic E-state index is -0.212. The normalized spacial score (nSPS) is 10.3. The van der Waals surface area contributed by atoms with Gasteiger partial charge in [-0.2, -0.15) is 0 Å². The van der Waals surface area contributed by atoms with Gasteiger partial charge in [-0.1, -0.05) is 24.1 Å². The Morgan fingerprint density at radius 2 is 1.94 bits per heavy atom. The first-order chi connectivity index (χ1) is 8.03. The van der Waals surface area contributed by atoms with Crippen molar-refractivity contribution in [3.8, 4) is 11.8 Å². The Kier molecular flexibility index (Phi) is 4.74. The molecule has 0 aliphatic carbocycles. The molecule has 0 aromatic heterocycles. The molecule has 0 N–H and O–H groups in total. The van der Waals surface area contributed by atoms with Gasteiger partial charge in [0.05, 0.1) is 21.2 Å². The van der Waals surface area contributed by atoms with Crippen molar-refractivity contribution < 1.29 is 14.0 Å². The molecule has 3 nitrogen and oxygen atoms in total. The average molecular weight is 232 g/mol. The summed E-state index contributed by atoms with van der Waals surface area (Å²) >= 11 is 0. The summed E-state index contributed by atoms with van der Waals surface area (Å²) in [5.74, 6) is 5.95. The third-order valence-corrected chi connectivity index (χ3v) is 2.30. The lowest BCUT2D eigenvalue weighted by Gasteiger charge is -2.25. The summed E-state index contributed by atoms with van der Waals surface area (Å²) in [7, 11) is 5.31. The molecule has 3 heteroatoms. The van der Waals surface area contributed by atoms with Crippen LogP contribution in [-0.2, 0) is 9.53 Å².